The number of aryl methyl sites for hydroxylation is 1. The maximum absolute atomic E-state index is 12.4. The van der Waals surface area contributed by atoms with Gasteiger partial charge in [0.05, 0.1) is 4.90 Å². The van der Waals surface area contributed by atoms with Gasteiger partial charge in [0.25, 0.3) is 0 Å². The molecule has 7 heteroatoms. The zero-order valence-corrected chi connectivity index (χ0v) is 14.3. The van der Waals surface area contributed by atoms with Crippen molar-refractivity contribution >= 4 is 10.0 Å². The molecule has 1 atom stereocenters. The van der Waals surface area contributed by atoms with Crippen molar-refractivity contribution in [1.29, 1.82) is 0 Å². The van der Waals surface area contributed by atoms with E-state index in [0.717, 1.165) is 31.6 Å². The molecule has 1 heterocycles. The summed E-state index contributed by atoms with van der Waals surface area (Å²) in [6.07, 6.45) is 3.38. The summed E-state index contributed by atoms with van der Waals surface area (Å²) in [5, 5.41) is 0. The Balaban J connectivity index is 2.82. The summed E-state index contributed by atoms with van der Waals surface area (Å²) < 4.78 is 29.4. The standard InChI is InChI=1S/C14H28N4O2S/c1-5-7-18-11-14(9-13(18)10-15)21(19,20)16-12(2)6-8-17(3)4/h9,11-12,16H,5-8,10,15H2,1-4H3. The van der Waals surface area contributed by atoms with Crippen molar-refractivity contribution in [1.82, 2.24) is 14.2 Å². The summed E-state index contributed by atoms with van der Waals surface area (Å²) in [6.45, 7) is 5.89. The fourth-order valence-electron chi connectivity index (χ4n) is 2.14. The van der Waals surface area contributed by atoms with Crippen LogP contribution < -0.4 is 10.5 Å². The lowest BCUT2D eigenvalue weighted by Crippen LogP contribution is -2.34. The first kappa shape index (κ1) is 18.2. The van der Waals surface area contributed by atoms with E-state index in [2.05, 4.69) is 11.6 Å². The first-order chi connectivity index (χ1) is 9.80. The molecule has 1 rings (SSSR count). The van der Waals surface area contributed by atoms with Crippen molar-refractivity contribution in [3.05, 3.63) is 18.0 Å². The van der Waals surface area contributed by atoms with E-state index in [1.165, 1.54) is 0 Å². The Morgan fingerprint density at radius 3 is 2.62 bits per heavy atom. The Bertz CT molecular complexity index is 537. The fourth-order valence-corrected chi connectivity index (χ4v) is 3.48. The van der Waals surface area contributed by atoms with Gasteiger partial charge in [0, 0.05) is 31.0 Å². The van der Waals surface area contributed by atoms with Crippen molar-refractivity contribution in [2.24, 2.45) is 5.73 Å². The van der Waals surface area contributed by atoms with E-state index in [1.807, 2.05) is 30.5 Å². The number of rotatable bonds is 9. The van der Waals surface area contributed by atoms with Crippen LogP contribution in [-0.4, -0.2) is 44.6 Å². The summed E-state index contributed by atoms with van der Waals surface area (Å²) in [4.78, 5) is 2.34. The van der Waals surface area contributed by atoms with Gasteiger partial charge in [-0.3, -0.25) is 0 Å². The molecule has 0 aliphatic heterocycles. The number of aromatic nitrogens is 1. The molecule has 0 spiro atoms. The molecule has 0 aliphatic rings. The summed E-state index contributed by atoms with van der Waals surface area (Å²) in [6, 6.07) is 1.56. The molecule has 0 bridgehead atoms. The van der Waals surface area contributed by atoms with Crippen LogP contribution in [0.15, 0.2) is 17.2 Å². The van der Waals surface area contributed by atoms with Gasteiger partial charge in [-0.05, 0) is 46.5 Å². The lowest BCUT2D eigenvalue weighted by molar-refractivity contribution is 0.379. The van der Waals surface area contributed by atoms with Gasteiger partial charge in [-0.25, -0.2) is 13.1 Å². The van der Waals surface area contributed by atoms with Crippen LogP contribution in [0.2, 0.25) is 0 Å². The maximum Gasteiger partial charge on any atom is 0.242 e. The predicted octanol–water partition coefficient (Wildman–Crippen LogP) is 0.975. The van der Waals surface area contributed by atoms with Gasteiger partial charge in [-0.2, -0.15) is 0 Å². The number of hydrogen-bond donors (Lipinski definition) is 2. The highest BCUT2D eigenvalue weighted by Crippen LogP contribution is 2.15. The van der Waals surface area contributed by atoms with E-state index in [1.54, 1.807) is 12.3 Å². The molecule has 0 radical (unpaired) electrons. The molecule has 122 valence electrons. The first-order valence-electron chi connectivity index (χ1n) is 7.36. The molecule has 21 heavy (non-hydrogen) atoms. The second-order valence-electron chi connectivity index (χ2n) is 5.68. The summed E-state index contributed by atoms with van der Waals surface area (Å²) in [5.74, 6) is 0. The Labute approximate surface area is 128 Å². The van der Waals surface area contributed by atoms with E-state index in [0.29, 0.717) is 11.4 Å². The highest BCUT2D eigenvalue weighted by molar-refractivity contribution is 7.89. The fraction of sp³-hybridized carbons (Fsp3) is 0.714. The molecule has 1 aromatic rings. The SMILES string of the molecule is CCCn1cc(S(=O)(=O)NC(C)CCN(C)C)cc1CN. The zero-order chi connectivity index (χ0) is 16.0. The van der Waals surface area contributed by atoms with Crippen LogP contribution >= 0.6 is 0 Å². The van der Waals surface area contributed by atoms with Crippen LogP contribution in [-0.2, 0) is 23.1 Å². The van der Waals surface area contributed by atoms with Crippen molar-refractivity contribution in [2.45, 2.75) is 50.7 Å². The molecule has 0 saturated carbocycles. The average Bonchev–Trinajstić information content (AvgIpc) is 2.80. The van der Waals surface area contributed by atoms with Crippen molar-refractivity contribution in [2.75, 3.05) is 20.6 Å². The smallest absolute Gasteiger partial charge is 0.242 e. The largest absolute Gasteiger partial charge is 0.349 e. The number of hydrogen-bond acceptors (Lipinski definition) is 4. The normalized spacial score (nSPS) is 13.8. The van der Waals surface area contributed by atoms with Crippen LogP contribution in [0.25, 0.3) is 0 Å². The molecule has 0 amide bonds. The molecule has 1 unspecified atom stereocenters. The third-order valence-corrected chi connectivity index (χ3v) is 4.87. The van der Waals surface area contributed by atoms with Crippen LogP contribution in [0.4, 0.5) is 0 Å². The lowest BCUT2D eigenvalue weighted by atomic mass is 10.2. The molecule has 0 aromatic carbocycles. The van der Waals surface area contributed by atoms with Gasteiger partial charge < -0.3 is 15.2 Å². The third kappa shape index (κ3) is 5.43. The van der Waals surface area contributed by atoms with Gasteiger partial charge in [-0.1, -0.05) is 6.92 Å². The van der Waals surface area contributed by atoms with Crippen LogP contribution in [0.5, 0.6) is 0 Å². The van der Waals surface area contributed by atoms with E-state index in [4.69, 9.17) is 5.73 Å². The van der Waals surface area contributed by atoms with Crippen molar-refractivity contribution < 1.29 is 8.42 Å². The molecule has 1 aromatic heterocycles. The van der Waals surface area contributed by atoms with E-state index >= 15 is 0 Å². The molecular weight excluding hydrogens is 288 g/mol. The maximum atomic E-state index is 12.4. The number of nitrogens with two attached hydrogens (primary N) is 1. The highest BCUT2D eigenvalue weighted by atomic mass is 32.2. The van der Waals surface area contributed by atoms with Crippen LogP contribution in [0, 0.1) is 0 Å². The Kier molecular flexibility index (Phi) is 6.86. The van der Waals surface area contributed by atoms with Crippen molar-refractivity contribution in [3.8, 4) is 0 Å². The van der Waals surface area contributed by atoms with E-state index in [9.17, 15) is 8.42 Å². The second kappa shape index (κ2) is 7.93. The summed E-state index contributed by atoms with van der Waals surface area (Å²) in [7, 11) is 0.461. The Morgan fingerprint density at radius 2 is 2.10 bits per heavy atom. The number of sulfonamides is 1. The molecule has 3 N–H and O–H groups in total. The summed E-state index contributed by atoms with van der Waals surface area (Å²) >= 11 is 0. The first-order valence-corrected chi connectivity index (χ1v) is 8.84. The number of nitrogens with one attached hydrogen (secondary N) is 1. The third-order valence-electron chi connectivity index (χ3n) is 3.31. The van der Waals surface area contributed by atoms with Gasteiger partial charge in [0.2, 0.25) is 10.0 Å². The second-order valence-corrected chi connectivity index (χ2v) is 7.39. The minimum Gasteiger partial charge on any atom is -0.349 e. The average molecular weight is 316 g/mol. The molecule has 0 aliphatic carbocycles. The van der Waals surface area contributed by atoms with Crippen molar-refractivity contribution in [3.63, 3.8) is 0 Å². The Morgan fingerprint density at radius 1 is 1.43 bits per heavy atom. The quantitative estimate of drug-likeness (QED) is 0.711. The van der Waals surface area contributed by atoms with Gasteiger partial charge in [0.15, 0.2) is 0 Å². The van der Waals surface area contributed by atoms with Gasteiger partial charge in [0.1, 0.15) is 0 Å². The molecule has 0 fully saturated rings. The van der Waals surface area contributed by atoms with Crippen LogP contribution in [0.3, 0.4) is 0 Å². The van der Waals surface area contributed by atoms with Crippen LogP contribution in [0.1, 0.15) is 32.4 Å². The Hall–Kier alpha value is -0.890. The highest BCUT2D eigenvalue weighted by Gasteiger charge is 2.20. The summed E-state index contributed by atoms with van der Waals surface area (Å²) in [5.41, 5.74) is 6.52. The minimum atomic E-state index is -3.48. The van der Waals surface area contributed by atoms with E-state index < -0.39 is 10.0 Å². The molecule has 6 nitrogen and oxygen atoms in total. The molecular formula is C14H28N4O2S. The lowest BCUT2D eigenvalue weighted by Gasteiger charge is -2.16. The topological polar surface area (TPSA) is 80.4 Å². The van der Waals surface area contributed by atoms with Gasteiger partial charge in [-0.15, -0.1) is 0 Å². The minimum absolute atomic E-state index is 0.103. The monoisotopic (exact) mass is 316 g/mol. The molecule has 0 saturated heterocycles. The number of nitrogens with zero attached hydrogens (tertiary/aromatic N) is 2. The zero-order valence-electron chi connectivity index (χ0n) is 13.5. The predicted molar refractivity (Wildman–Crippen MR) is 85.6 cm³/mol. The van der Waals surface area contributed by atoms with Gasteiger partial charge >= 0.3 is 0 Å². The van der Waals surface area contributed by atoms with E-state index in [-0.39, 0.29) is 6.04 Å².